The average Bonchev–Trinajstić information content (AvgIpc) is 2.92. The second-order valence-corrected chi connectivity index (χ2v) is 7.66. The first-order valence-corrected chi connectivity index (χ1v) is 9.29. The van der Waals surface area contributed by atoms with Crippen molar-refractivity contribution in [2.45, 2.75) is 25.4 Å². The van der Waals surface area contributed by atoms with Crippen molar-refractivity contribution in [3.8, 4) is 11.4 Å². The minimum Gasteiger partial charge on any atom is -0.341 e. The normalized spacial score (nSPS) is 20.7. The molecule has 0 saturated carbocycles. The molecule has 1 aromatic carbocycles. The van der Waals surface area contributed by atoms with Gasteiger partial charge in [0.15, 0.2) is 5.82 Å². The van der Waals surface area contributed by atoms with Gasteiger partial charge < -0.3 is 10.7 Å². The van der Waals surface area contributed by atoms with Crippen LogP contribution in [0.4, 0.5) is 4.39 Å². The smallest absolute Gasteiger partial charge is 0.233 e. The molecule has 3 rings (SSSR count). The third-order valence-electron chi connectivity index (χ3n) is 4.29. The zero-order chi connectivity index (χ0) is 18.0. The van der Waals surface area contributed by atoms with Crippen LogP contribution in [0.2, 0.25) is 0 Å². The Kier molecular flexibility index (Phi) is 5.27. The minimum atomic E-state index is -0.363. The van der Waals surface area contributed by atoms with Crippen molar-refractivity contribution in [3.05, 3.63) is 30.1 Å². The summed E-state index contributed by atoms with van der Waals surface area (Å²) in [6.45, 7) is 5.94. The van der Waals surface area contributed by atoms with Gasteiger partial charge in [-0.2, -0.15) is 0 Å². The Morgan fingerprint density at radius 3 is 2.72 bits per heavy atom. The van der Waals surface area contributed by atoms with Crippen LogP contribution in [0.15, 0.2) is 29.4 Å². The Labute approximate surface area is 150 Å². The Balaban J connectivity index is 1.65. The fourth-order valence-corrected chi connectivity index (χ4v) is 4.04. The summed E-state index contributed by atoms with van der Waals surface area (Å²) in [5, 5.41) is 8.48. The molecule has 0 aliphatic carbocycles. The largest absolute Gasteiger partial charge is 0.341 e. The molecule has 1 aliphatic heterocycles. The molecule has 0 bridgehead atoms. The fraction of sp³-hybridized carbons (Fsp3) is 0.471. The number of aromatic nitrogens is 3. The van der Waals surface area contributed by atoms with Crippen molar-refractivity contribution >= 4 is 17.7 Å². The van der Waals surface area contributed by atoms with Gasteiger partial charge in [-0.3, -0.25) is 4.79 Å². The van der Waals surface area contributed by atoms with Gasteiger partial charge in [-0.05, 0) is 30.4 Å². The van der Waals surface area contributed by atoms with Crippen LogP contribution in [0.25, 0.3) is 11.4 Å². The van der Waals surface area contributed by atoms with Gasteiger partial charge in [0.2, 0.25) is 11.1 Å². The number of piperidine rings is 1. The molecule has 2 N–H and O–H groups in total. The molecule has 1 amide bonds. The number of carbonyl (C=O) groups excluding carboxylic acids is 1. The summed E-state index contributed by atoms with van der Waals surface area (Å²) in [5.41, 5.74) is 0.548. The van der Waals surface area contributed by atoms with E-state index < -0.39 is 0 Å². The molecule has 2 atom stereocenters. The second-order valence-electron chi connectivity index (χ2n) is 6.72. The highest BCUT2D eigenvalue weighted by atomic mass is 32.2. The van der Waals surface area contributed by atoms with Crippen molar-refractivity contribution in [1.82, 2.24) is 19.8 Å². The fourth-order valence-electron chi connectivity index (χ4n) is 3.28. The standard InChI is InChI=1S/C17H22FN5OS/c1-11-6-12(2)9-22(8-11)15(24)10-25-17-21-20-16(23(17)19)13-4-3-5-14(18)7-13/h3-5,7,11-12H,6,8-10,19H2,1-2H3. The van der Waals surface area contributed by atoms with E-state index in [1.165, 1.54) is 28.6 Å². The van der Waals surface area contributed by atoms with E-state index in [4.69, 9.17) is 5.84 Å². The van der Waals surface area contributed by atoms with Crippen LogP contribution < -0.4 is 5.84 Å². The first-order chi connectivity index (χ1) is 11.9. The summed E-state index contributed by atoms with van der Waals surface area (Å²) < 4.78 is 14.7. The van der Waals surface area contributed by atoms with E-state index in [0.717, 1.165) is 19.5 Å². The molecule has 0 radical (unpaired) electrons. The van der Waals surface area contributed by atoms with Crippen molar-refractivity contribution in [2.75, 3.05) is 24.7 Å². The number of hydrogen-bond acceptors (Lipinski definition) is 5. The molecule has 1 fully saturated rings. The summed E-state index contributed by atoms with van der Waals surface area (Å²) in [4.78, 5) is 14.4. The minimum absolute atomic E-state index is 0.0821. The summed E-state index contributed by atoms with van der Waals surface area (Å²) in [5.74, 6) is 7.42. The number of likely N-dealkylation sites (tertiary alicyclic amines) is 1. The summed E-state index contributed by atoms with van der Waals surface area (Å²) in [6.07, 6.45) is 1.16. The number of nitrogens with zero attached hydrogens (tertiary/aromatic N) is 4. The Morgan fingerprint density at radius 1 is 1.32 bits per heavy atom. The van der Waals surface area contributed by atoms with Gasteiger partial charge in [-0.15, -0.1) is 10.2 Å². The molecule has 8 heteroatoms. The van der Waals surface area contributed by atoms with Crippen LogP contribution in [-0.4, -0.2) is 44.5 Å². The Morgan fingerprint density at radius 2 is 2.04 bits per heavy atom. The van der Waals surface area contributed by atoms with E-state index in [2.05, 4.69) is 24.0 Å². The topological polar surface area (TPSA) is 77.0 Å². The van der Waals surface area contributed by atoms with Gasteiger partial charge in [0.1, 0.15) is 5.82 Å². The van der Waals surface area contributed by atoms with E-state index in [0.29, 0.717) is 28.4 Å². The maximum Gasteiger partial charge on any atom is 0.233 e. The summed E-state index contributed by atoms with van der Waals surface area (Å²) in [6, 6.07) is 6.01. The number of benzene rings is 1. The highest BCUT2D eigenvalue weighted by Crippen LogP contribution is 2.24. The molecule has 2 unspecified atom stereocenters. The summed E-state index contributed by atoms with van der Waals surface area (Å²) in [7, 11) is 0. The van der Waals surface area contributed by atoms with Gasteiger partial charge in [0.25, 0.3) is 0 Å². The number of rotatable bonds is 4. The van der Waals surface area contributed by atoms with Gasteiger partial charge >= 0.3 is 0 Å². The quantitative estimate of drug-likeness (QED) is 0.667. The predicted octanol–water partition coefficient (Wildman–Crippen LogP) is 2.39. The summed E-state index contributed by atoms with van der Waals surface area (Å²) >= 11 is 1.25. The molecule has 0 spiro atoms. The monoisotopic (exact) mass is 363 g/mol. The van der Waals surface area contributed by atoms with Crippen LogP contribution in [0.1, 0.15) is 20.3 Å². The van der Waals surface area contributed by atoms with E-state index in [-0.39, 0.29) is 17.5 Å². The van der Waals surface area contributed by atoms with Crippen molar-refractivity contribution < 1.29 is 9.18 Å². The predicted molar refractivity (Wildman–Crippen MR) is 95.8 cm³/mol. The number of thioether (sulfide) groups is 1. The van der Waals surface area contributed by atoms with Crippen LogP contribution in [0.5, 0.6) is 0 Å². The lowest BCUT2D eigenvalue weighted by molar-refractivity contribution is -0.130. The zero-order valence-corrected chi connectivity index (χ0v) is 15.2. The van der Waals surface area contributed by atoms with Gasteiger partial charge in [0.05, 0.1) is 5.75 Å². The number of nitrogens with two attached hydrogens (primary N) is 1. The average molecular weight is 363 g/mol. The number of nitrogen functional groups attached to an aromatic ring is 1. The lowest BCUT2D eigenvalue weighted by Gasteiger charge is -2.34. The lowest BCUT2D eigenvalue weighted by Crippen LogP contribution is -2.43. The highest BCUT2D eigenvalue weighted by Gasteiger charge is 2.25. The Bertz CT molecular complexity index is 755. The van der Waals surface area contributed by atoms with Crippen LogP contribution in [0.3, 0.4) is 0 Å². The van der Waals surface area contributed by atoms with Crippen LogP contribution in [-0.2, 0) is 4.79 Å². The molecule has 25 heavy (non-hydrogen) atoms. The highest BCUT2D eigenvalue weighted by molar-refractivity contribution is 7.99. The SMILES string of the molecule is CC1CC(C)CN(C(=O)CSc2nnc(-c3cccc(F)c3)n2N)C1. The van der Waals surface area contributed by atoms with Crippen molar-refractivity contribution in [1.29, 1.82) is 0 Å². The molecule has 134 valence electrons. The molecule has 1 aromatic heterocycles. The number of hydrogen-bond donors (Lipinski definition) is 1. The molecule has 1 saturated heterocycles. The number of amides is 1. The first-order valence-electron chi connectivity index (χ1n) is 8.31. The first kappa shape index (κ1) is 17.7. The van der Waals surface area contributed by atoms with E-state index in [1.807, 2.05) is 4.90 Å². The molecule has 2 aromatic rings. The molecule has 2 heterocycles. The second kappa shape index (κ2) is 7.43. The molecular weight excluding hydrogens is 341 g/mol. The van der Waals surface area contributed by atoms with Gasteiger partial charge in [0, 0.05) is 18.7 Å². The third-order valence-corrected chi connectivity index (χ3v) is 5.22. The van der Waals surface area contributed by atoms with Crippen LogP contribution >= 0.6 is 11.8 Å². The maximum atomic E-state index is 13.4. The van der Waals surface area contributed by atoms with Crippen LogP contribution in [0, 0.1) is 17.7 Å². The maximum absolute atomic E-state index is 13.4. The van der Waals surface area contributed by atoms with E-state index in [1.54, 1.807) is 12.1 Å². The van der Waals surface area contributed by atoms with Gasteiger partial charge in [-0.1, -0.05) is 37.7 Å². The molecule has 1 aliphatic rings. The Hall–Kier alpha value is -2.09. The van der Waals surface area contributed by atoms with Crippen molar-refractivity contribution in [2.24, 2.45) is 11.8 Å². The van der Waals surface area contributed by atoms with E-state index in [9.17, 15) is 9.18 Å². The lowest BCUT2D eigenvalue weighted by atomic mass is 9.92. The van der Waals surface area contributed by atoms with Crippen molar-refractivity contribution in [3.63, 3.8) is 0 Å². The zero-order valence-electron chi connectivity index (χ0n) is 14.4. The molecular formula is C17H22FN5OS. The van der Waals surface area contributed by atoms with E-state index >= 15 is 0 Å². The number of carbonyl (C=O) groups is 1. The molecule has 6 nitrogen and oxygen atoms in total. The number of halogens is 1. The van der Waals surface area contributed by atoms with Gasteiger partial charge in [-0.25, -0.2) is 9.07 Å². The third kappa shape index (κ3) is 4.12.